The topological polar surface area (TPSA) is 0 Å². The normalized spacial score (nSPS) is 43.0. The molecule has 1 aliphatic rings. The number of hydrogen-bond acceptors (Lipinski definition) is 0. The molecular formula is C12H24. The summed E-state index contributed by atoms with van der Waals surface area (Å²) in [6.07, 6.45) is 7.16. The monoisotopic (exact) mass is 168 g/mol. The van der Waals surface area contributed by atoms with E-state index in [-0.39, 0.29) is 0 Å². The molecule has 0 aliphatic heterocycles. The fourth-order valence-electron chi connectivity index (χ4n) is 2.79. The van der Waals surface area contributed by atoms with Crippen LogP contribution in [0.5, 0.6) is 0 Å². The molecule has 1 aliphatic carbocycles. The smallest absolute Gasteiger partial charge is 0.0326 e. The van der Waals surface area contributed by atoms with Crippen molar-refractivity contribution in [2.24, 2.45) is 17.3 Å². The average Bonchev–Trinajstić information content (AvgIpc) is 2.05. The first-order valence-electron chi connectivity index (χ1n) is 5.61. The van der Waals surface area contributed by atoms with Gasteiger partial charge in [-0.05, 0) is 36.5 Å². The fraction of sp³-hybridized carbons (Fsp3) is 1.00. The van der Waals surface area contributed by atoms with Crippen molar-refractivity contribution in [2.45, 2.75) is 59.8 Å². The second-order valence-corrected chi connectivity index (χ2v) is 5.05. The fourth-order valence-corrected chi connectivity index (χ4v) is 2.79. The third-order valence-corrected chi connectivity index (χ3v) is 4.12. The summed E-state index contributed by atoms with van der Waals surface area (Å²) in [4.78, 5) is 0. The van der Waals surface area contributed by atoms with E-state index in [9.17, 15) is 0 Å². The quantitative estimate of drug-likeness (QED) is 0.578. The van der Waals surface area contributed by atoms with Crippen molar-refractivity contribution < 1.29 is 0 Å². The Morgan fingerprint density at radius 1 is 1.33 bits per heavy atom. The van der Waals surface area contributed by atoms with E-state index in [1.165, 1.54) is 32.1 Å². The van der Waals surface area contributed by atoms with E-state index in [0.717, 1.165) is 11.8 Å². The van der Waals surface area contributed by atoms with E-state index in [1.807, 2.05) is 0 Å². The molecule has 0 heteroatoms. The second kappa shape index (κ2) is 3.81. The molecule has 72 valence electrons. The van der Waals surface area contributed by atoms with Gasteiger partial charge in [-0.15, -0.1) is 0 Å². The summed E-state index contributed by atoms with van der Waals surface area (Å²) in [5, 5.41) is 0. The van der Waals surface area contributed by atoms with Gasteiger partial charge in [0.25, 0.3) is 0 Å². The molecular weight excluding hydrogens is 144 g/mol. The Hall–Kier alpha value is 0. The van der Waals surface area contributed by atoms with E-state index in [1.54, 1.807) is 0 Å². The van der Waals surface area contributed by atoms with Gasteiger partial charge in [-0.25, -0.2) is 0 Å². The van der Waals surface area contributed by atoms with Crippen molar-refractivity contribution in [1.29, 1.82) is 0 Å². The third-order valence-electron chi connectivity index (χ3n) is 4.12. The Morgan fingerprint density at radius 2 is 2.00 bits per heavy atom. The molecule has 0 radical (unpaired) electrons. The summed E-state index contributed by atoms with van der Waals surface area (Å²) < 4.78 is 0. The maximum Gasteiger partial charge on any atom is -0.0326 e. The molecule has 0 amide bonds. The minimum absolute atomic E-state index is 0.672. The summed E-state index contributed by atoms with van der Waals surface area (Å²) in [6, 6.07) is 0. The predicted molar refractivity (Wildman–Crippen MR) is 55.2 cm³/mol. The lowest BCUT2D eigenvalue weighted by atomic mass is 9.65. The van der Waals surface area contributed by atoms with Crippen LogP contribution >= 0.6 is 0 Å². The second-order valence-electron chi connectivity index (χ2n) is 5.05. The zero-order valence-electron chi connectivity index (χ0n) is 9.19. The Morgan fingerprint density at radius 3 is 2.42 bits per heavy atom. The van der Waals surface area contributed by atoms with Crippen LogP contribution < -0.4 is 0 Å². The van der Waals surface area contributed by atoms with Crippen molar-refractivity contribution in [3.63, 3.8) is 0 Å². The number of rotatable bonds is 2. The Balaban J connectivity index is 2.51. The van der Waals surface area contributed by atoms with Gasteiger partial charge in [0, 0.05) is 0 Å². The maximum absolute atomic E-state index is 2.47. The molecule has 0 aromatic heterocycles. The highest BCUT2D eigenvalue weighted by molar-refractivity contribution is 4.84. The van der Waals surface area contributed by atoms with Crippen molar-refractivity contribution in [3.8, 4) is 0 Å². The molecule has 0 aromatic carbocycles. The first-order valence-corrected chi connectivity index (χ1v) is 5.61. The van der Waals surface area contributed by atoms with Crippen molar-refractivity contribution in [2.75, 3.05) is 0 Å². The highest BCUT2D eigenvalue weighted by Crippen LogP contribution is 2.44. The van der Waals surface area contributed by atoms with E-state index in [4.69, 9.17) is 0 Å². The van der Waals surface area contributed by atoms with Gasteiger partial charge in [-0.2, -0.15) is 0 Å². The largest absolute Gasteiger partial charge is 0.0651 e. The zero-order chi connectivity index (χ0) is 9.19. The van der Waals surface area contributed by atoms with Gasteiger partial charge in [0.1, 0.15) is 0 Å². The maximum atomic E-state index is 2.47. The van der Waals surface area contributed by atoms with Gasteiger partial charge in [-0.3, -0.25) is 0 Å². The van der Waals surface area contributed by atoms with Crippen LogP contribution in [0.25, 0.3) is 0 Å². The molecule has 1 saturated carbocycles. The molecule has 0 nitrogen and oxygen atoms in total. The molecule has 0 saturated heterocycles. The van der Waals surface area contributed by atoms with Crippen LogP contribution in [-0.4, -0.2) is 0 Å². The van der Waals surface area contributed by atoms with E-state index < -0.39 is 0 Å². The summed E-state index contributed by atoms with van der Waals surface area (Å²) in [6.45, 7) is 9.60. The summed E-state index contributed by atoms with van der Waals surface area (Å²) >= 11 is 0. The van der Waals surface area contributed by atoms with E-state index >= 15 is 0 Å². The molecule has 0 spiro atoms. The van der Waals surface area contributed by atoms with Crippen LogP contribution in [0.1, 0.15) is 59.8 Å². The summed E-state index contributed by atoms with van der Waals surface area (Å²) in [5.74, 6) is 1.98. The van der Waals surface area contributed by atoms with Crippen molar-refractivity contribution in [1.82, 2.24) is 0 Å². The van der Waals surface area contributed by atoms with E-state index in [2.05, 4.69) is 27.7 Å². The Labute approximate surface area is 77.7 Å². The molecule has 0 aromatic rings. The molecule has 3 atom stereocenters. The number of hydrogen-bond donors (Lipinski definition) is 0. The van der Waals surface area contributed by atoms with Crippen molar-refractivity contribution in [3.05, 3.63) is 0 Å². The lowest BCUT2D eigenvalue weighted by Crippen LogP contribution is -2.29. The highest BCUT2D eigenvalue weighted by atomic mass is 14.4. The molecule has 0 bridgehead atoms. The predicted octanol–water partition coefficient (Wildman–Crippen LogP) is 4.25. The SMILES string of the molecule is CCC1CCC(C)(CC)CC1C. The van der Waals surface area contributed by atoms with Gasteiger partial charge in [-0.1, -0.05) is 40.5 Å². The van der Waals surface area contributed by atoms with Crippen LogP contribution in [0.2, 0.25) is 0 Å². The minimum Gasteiger partial charge on any atom is -0.0651 e. The Bertz CT molecular complexity index is 139. The lowest BCUT2D eigenvalue weighted by Gasteiger charge is -2.41. The molecule has 12 heavy (non-hydrogen) atoms. The Kier molecular flexibility index (Phi) is 3.20. The zero-order valence-corrected chi connectivity index (χ0v) is 9.19. The van der Waals surface area contributed by atoms with Gasteiger partial charge >= 0.3 is 0 Å². The molecule has 0 heterocycles. The molecule has 0 N–H and O–H groups in total. The van der Waals surface area contributed by atoms with Gasteiger partial charge in [0.2, 0.25) is 0 Å². The van der Waals surface area contributed by atoms with Crippen molar-refractivity contribution >= 4 is 0 Å². The van der Waals surface area contributed by atoms with E-state index in [0.29, 0.717) is 5.41 Å². The molecule has 1 rings (SSSR count). The van der Waals surface area contributed by atoms with Gasteiger partial charge in [0.05, 0.1) is 0 Å². The summed E-state index contributed by atoms with van der Waals surface area (Å²) in [5.41, 5.74) is 0.672. The van der Waals surface area contributed by atoms with Crippen LogP contribution in [0, 0.1) is 17.3 Å². The van der Waals surface area contributed by atoms with Gasteiger partial charge in [0.15, 0.2) is 0 Å². The lowest BCUT2D eigenvalue weighted by molar-refractivity contribution is 0.106. The highest BCUT2D eigenvalue weighted by Gasteiger charge is 2.33. The molecule has 1 fully saturated rings. The standard InChI is InChI=1S/C12H24/c1-5-11-7-8-12(4,6-2)9-10(11)3/h10-11H,5-9H2,1-4H3. The first-order chi connectivity index (χ1) is 5.61. The first kappa shape index (κ1) is 10.1. The molecule has 3 unspecified atom stereocenters. The van der Waals surface area contributed by atoms with Crippen LogP contribution in [0.4, 0.5) is 0 Å². The minimum atomic E-state index is 0.672. The van der Waals surface area contributed by atoms with Crippen LogP contribution in [0.3, 0.4) is 0 Å². The third kappa shape index (κ3) is 2.02. The average molecular weight is 168 g/mol. The van der Waals surface area contributed by atoms with Crippen LogP contribution in [-0.2, 0) is 0 Å². The van der Waals surface area contributed by atoms with Gasteiger partial charge < -0.3 is 0 Å². The summed E-state index contributed by atoms with van der Waals surface area (Å²) in [7, 11) is 0. The van der Waals surface area contributed by atoms with Crippen LogP contribution in [0.15, 0.2) is 0 Å².